The second-order valence-corrected chi connectivity index (χ2v) is 5.29. The maximum atomic E-state index is 12.3. The zero-order chi connectivity index (χ0) is 15.5. The van der Waals surface area contributed by atoms with Crippen LogP contribution < -0.4 is 19.7 Å². The largest absolute Gasteiger partial charge is 0.485 e. The molecule has 114 valence electrons. The van der Waals surface area contributed by atoms with Gasteiger partial charge < -0.3 is 19.7 Å². The molecule has 0 spiro atoms. The van der Waals surface area contributed by atoms with Crippen molar-refractivity contribution >= 4 is 17.3 Å². The minimum Gasteiger partial charge on any atom is -0.485 e. The summed E-state index contributed by atoms with van der Waals surface area (Å²) in [5, 5.41) is 2.85. The molecule has 5 nitrogen and oxygen atoms in total. The van der Waals surface area contributed by atoms with Crippen molar-refractivity contribution < 1.29 is 14.3 Å². The third-order valence-corrected chi connectivity index (χ3v) is 3.45. The number of amides is 1. The van der Waals surface area contributed by atoms with Gasteiger partial charge in [-0.2, -0.15) is 0 Å². The lowest BCUT2D eigenvalue weighted by molar-refractivity contribution is -0.125. The van der Waals surface area contributed by atoms with E-state index in [1.807, 2.05) is 61.5 Å². The topological polar surface area (TPSA) is 50.8 Å². The molecule has 0 bridgehead atoms. The molecule has 1 aliphatic rings. The molecule has 0 fully saturated rings. The second kappa shape index (κ2) is 5.97. The van der Waals surface area contributed by atoms with Gasteiger partial charge in [-0.05, 0) is 36.4 Å². The Hall–Kier alpha value is -2.69. The van der Waals surface area contributed by atoms with Crippen LogP contribution in [-0.2, 0) is 4.79 Å². The lowest BCUT2D eigenvalue weighted by Gasteiger charge is -2.25. The van der Waals surface area contributed by atoms with E-state index in [4.69, 9.17) is 9.47 Å². The average Bonchev–Trinajstić information content (AvgIpc) is 2.55. The number of ether oxygens (including phenoxy) is 2. The van der Waals surface area contributed by atoms with Crippen LogP contribution >= 0.6 is 0 Å². The molecule has 2 aromatic rings. The Morgan fingerprint density at radius 3 is 2.45 bits per heavy atom. The van der Waals surface area contributed by atoms with Gasteiger partial charge in [-0.15, -0.1) is 0 Å². The number of fused-ring (bicyclic) bond motifs is 1. The molecule has 0 radical (unpaired) electrons. The molecule has 0 aliphatic carbocycles. The predicted molar refractivity (Wildman–Crippen MR) is 85.8 cm³/mol. The van der Waals surface area contributed by atoms with E-state index in [1.54, 1.807) is 6.07 Å². The van der Waals surface area contributed by atoms with Gasteiger partial charge in [0.1, 0.15) is 6.61 Å². The first-order valence-corrected chi connectivity index (χ1v) is 7.10. The Kier molecular flexibility index (Phi) is 3.87. The highest BCUT2D eigenvalue weighted by atomic mass is 16.6. The molecule has 0 saturated heterocycles. The molecular weight excluding hydrogens is 280 g/mol. The highest BCUT2D eigenvalue weighted by molar-refractivity contribution is 5.94. The summed E-state index contributed by atoms with van der Waals surface area (Å²) in [6, 6.07) is 15.0. The first-order chi connectivity index (χ1) is 10.6. The fourth-order valence-electron chi connectivity index (χ4n) is 2.21. The van der Waals surface area contributed by atoms with Gasteiger partial charge in [0.25, 0.3) is 5.91 Å². The van der Waals surface area contributed by atoms with Gasteiger partial charge in [0, 0.05) is 25.5 Å². The number of hydrogen-bond donors (Lipinski definition) is 1. The monoisotopic (exact) mass is 298 g/mol. The maximum Gasteiger partial charge on any atom is 0.269 e. The van der Waals surface area contributed by atoms with E-state index in [1.165, 1.54) is 0 Å². The van der Waals surface area contributed by atoms with E-state index >= 15 is 0 Å². The van der Waals surface area contributed by atoms with E-state index in [2.05, 4.69) is 5.32 Å². The van der Waals surface area contributed by atoms with E-state index in [0.29, 0.717) is 11.5 Å². The lowest BCUT2D eigenvalue weighted by atomic mass is 10.2. The van der Waals surface area contributed by atoms with Crippen LogP contribution in [0.5, 0.6) is 11.5 Å². The molecule has 0 saturated carbocycles. The minimum absolute atomic E-state index is 0.207. The molecule has 22 heavy (non-hydrogen) atoms. The number of nitrogens with zero attached hydrogens (tertiary/aromatic N) is 1. The summed E-state index contributed by atoms with van der Waals surface area (Å²) in [7, 11) is 3.94. The van der Waals surface area contributed by atoms with Gasteiger partial charge in [0.05, 0.1) is 0 Å². The molecule has 5 heteroatoms. The molecule has 1 atom stereocenters. The number of anilines is 2. The van der Waals surface area contributed by atoms with Crippen LogP contribution in [0, 0.1) is 0 Å². The Morgan fingerprint density at radius 1 is 1.09 bits per heavy atom. The highest BCUT2D eigenvalue weighted by Crippen LogP contribution is 2.31. The molecule has 0 aromatic heterocycles. The summed E-state index contributed by atoms with van der Waals surface area (Å²) < 4.78 is 11.2. The average molecular weight is 298 g/mol. The normalized spacial score (nSPS) is 16.0. The van der Waals surface area contributed by atoms with Crippen molar-refractivity contribution in [2.75, 3.05) is 30.9 Å². The summed E-state index contributed by atoms with van der Waals surface area (Å²) in [4.78, 5) is 14.3. The molecule has 2 aromatic carbocycles. The summed E-state index contributed by atoms with van der Waals surface area (Å²) in [5.41, 5.74) is 1.81. The zero-order valence-electron chi connectivity index (χ0n) is 12.6. The third-order valence-electron chi connectivity index (χ3n) is 3.45. The summed E-state index contributed by atoms with van der Waals surface area (Å²) in [6.45, 7) is 0.207. The lowest BCUT2D eigenvalue weighted by Crippen LogP contribution is -2.40. The van der Waals surface area contributed by atoms with E-state index < -0.39 is 6.10 Å². The Balaban J connectivity index is 1.65. The van der Waals surface area contributed by atoms with Crippen molar-refractivity contribution in [3.8, 4) is 11.5 Å². The summed E-state index contributed by atoms with van der Waals surface area (Å²) >= 11 is 0. The third kappa shape index (κ3) is 2.98. The first-order valence-electron chi connectivity index (χ1n) is 7.10. The van der Waals surface area contributed by atoms with Gasteiger partial charge in [-0.3, -0.25) is 4.79 Å². The molecule has 1 heterocycles. The zero-order valence-corrected chi connectivity index (χ0v) is 12.6. The number of nitrogens with one attached hydrogen (secondary N) is 1. The predicted octanol–water partition coefficient (Wildman–Crippen LogP) is 2.53. The van der Waals surface area contributed by atoms with Crippen LogP contribution in [0.2, 0.25) is 0 Å². The highest BCUT2D eigenvalue weighted by Gasteiger charge is 2.27. The molecule has 0 unspecified atom stereocenters. The Morgan fingerprint density at radius 2 is 1.77 bits per heavy atom. The van der Waals surface area contributed by atoms with Gasteiger partial charge in [0.15, 0.2) is 11.5 Å². The van der Waals surface area contributed by atoms with Crippen LogP contribution in [-0.4, -0.2) is 32.7 Å². The SMILES string of the molecule is CN(C)c1ccc(NC(=O)[C@@H]2COc3ccccc3O2)cc1. The molecular formula is C17H18N2O3. The number of rotatable bonds is 3. The van der Waals surface area contributed by atoms with E-state index in [0.717, 1.165) is 11.4 Å². The van der Waals surface area contributed by atoms with Crippen LogP contribution in [0.25, 0.3) is 0 Å². The summed E-state index contributed by atoms with van der Waals surface area (Å²) in [5.74, 6) is 1.05. The van der Waals surface area contributed by atoms with Crippen molar-refractivity contribution in [1.82, 2.24) is 0 Å². The van der Waals surface area contributed by atoms with Crippen molar-refractivity contribution in [3.05, 3.63) is 48.5 Å². The fourth-order valence-corrected chi connectivity index (χ4v) is 2.21. The van der Waals surface area contributed by atoms with Gasteiger partial charge in [0.2, 0.25) is 6.10 Å². The second-order valence-electron chi connectivity index (χ2n) is 5.29. The van der Waals surface area contributed by atoms with Crippen molar-refractivity contribution in [3.63, 3.8) is 0 Å². The van der Waals surface area contributed by atoms with Gasteiger partial charge >= 0.3 is 0 Å². The quantitative estimate of drug-likeness (QED) is 0.946. The number of benzene rings is 2. The molecule has 1 N–H and O–H groups in total. The molecule has 1 amide bonds. The van der Waals surface area contributed by atoms with Crippen LogP contribution in [0.3, 0.4) is 0 Å². The van der Waals surface area contributed by atoms with Gasteiger partial charge in [-0.1, -0.05) is 12.1 Å². The number of carbonyl (C=O) groups is 1. The Bertz CT molecular complexity index is 668. The van der Waals surface area contributed by atoms with Crippen molar-refractivity contribution in [1.29, 1.82) is 0 Å². The van der Waals surface area contributed by atoms with Crippen molar-refractivity contribution in [2.24, 2.45) is 0 Å². The first kappa shape index (κ1) is 14.3. The van der Waals surface area contributed by atoms with Gasteiger partial charge in [-0.25, -0.2) is 0 Å². The fraction of sp³-hybridized carbons (Fsp3) is 0.235. The van der Waals surface area contributed by atoms with Crippen LogP contribution in [0.15, 0.2) is 48.5 Å². The molecule has 3 rings (SSSR count). The van der Waals surface area contributed by atoms with Crippen molar-refractivity contribution in [2.45, 2.75) is 6.10 Å². The number of para-hydroxylation sites is 2. The minimum atomic E-state index is -0.650. The Labute approximate surface area is 129 Å². The maximum absolute atomic E-state index is 12.3. The summed E-state index contributed by atoms with van der Waals surface area (Å²) in [6.07, 6.45) is -0.650. The van der Waals surface area contributed by atoms with Crippen LogP contribution in [0.1, 0.15) is 0 Å². The molecule has 1 aliphatic heterocycles. The van der Waals surface area contributed by atoms with E-state index in [9.17, 15) is 4.79 Å². The standard InChI is InChI=1S/C17H18N2O3/c1-19(2)13-9-7-12(8-10-13)18-17(20)16-11-21-14-5-3-4-6-15(14)22-16/h3-10,16H,11H2,1-2H3,(H,18,20)/t16-/m0/s1. The van der Waals surface area contributed by atoms with E-state index in [-0.39, 0.29) is 12.5 Å². The smallest absolute Gasteiger partial charge is 0.269 e. The number of carbonyl (C=O) groups excluding carboxylic acids is 1. The number of hydrogen-bond acceptors (Lipinski definition) is 4. The van der Waals surface area contributed by atoms with Crippen LogP contribution in [0.4, 0.5) is 11.4 Å².